The number of carboxylic acids is 1. The third-order valence-electron chi connectivity index (χ3n) is 2.85. The number of carboxylic acid groups (broad SMARTS) is 1. The van der Waals surface area contributed by atoms with Gasteiger partial charge in [-0.1, -0.05) is 12.1 Å². The van der Waals surface area contributed by atoms with Crippen molar-refractivity contribution >= 4 is 17.7 Å². The normalized spacial score (nSPS) is 11.5. The number of Topliss-reactive ketones (excluding diaryl/α,β-unsaturated/α-hetero) is 1. The Kier molecular flexibility index (Phi) is 7.04. The van der Waals surface area contributed by atoms with E-state index in [9.17, 15) is 14.4 Å². The van der Waals surface area contributed by atoms with E-state index in [4.69, 9.17) is 14.6 Å². The minimum absolute atomic E-state index is 0.111. The minimum atomic E-state index is -1.14. The summed E-state index contributed by atoms with van der Waals surface area (Å²) in [5, 5.41) is 11.3. The topological polar surface area (TPSA) is 102 Å². The van der Waals surface area contributed by atoms with Gasteiger partial charge in [0.05, 0.1) is 0 Å². The number of rotatable bonds is 9. The smallest absolute Gasteiger partial charge is 0.326 e. The third-order valence-corrected chi connectivity index (χ3v) is 2.85. The fraction of sp³-hybridized carbons (Fsp3) is 0.400. The summed E-state index contributed by atoms with van der Waals surface area (Å²) in [4.78, 5) is 33.9. The minimum Gasteiger partial charge on any atom is -0.484 e. The van der Waals surface area contributed by atoms with Crippen molar-refractivity contribution in [3.05, 3.63) is 29.8 Å². The second kappa shape index (κ2) is 8.78. The van der Waals surface area contributed by atoms with Crippen molar-refractivity contribution in [2.45, 2.75) is 19.4 Å². The number of ketones is 1. The lowest BCUT2D eigenvalue weighted by Crippen LogP contribution is -2.43. The summed E-state index contributed by atoms with van der Waals surface area (Å²) in [7, 11) is 1.45. The molecule has 1 rings (SSSR count). The van der Waals surface area contributed by atoms with Crippen LogP contribution in [0.1, 0.15) is 23.7 Å². The molecule has 0 spiro atoms. The quantitative estimate of drug-likeness (QED) is 0.656. The molecule has 0 fully saturated rings. The molecule has 2 N–H and O–H groups in total. The number of aliphatic carboxylic acids is 1. The number of hydrogen-bond acceptors (Lipinski definition) is 5. The SMILES string of the molecule is COCCC(NC(=O)COc1cccc(C(C)=O)c1)C(=O)O. The first-order valence-electron chi connectivity index (χ1n) is 6.69. The van der Waals surface area contributed by atoms with E-state index in [1.807, 2.05) is 0 Å². The Morgan fingerprint density at radius 3 is 2.64 bits per heavy atom. The van der Waals surface area contributed by atoms with Gasteiger partial charge < -0.3 is 19.9 Å². The van der Waals surface area contributed by atoms with Crippen LogP contribution in [0.15, 0.2) is 24.3 Å². The second-order valence-electron chi connectivity index (χ2n) is 4.61. The van der Waals surface area contributed by atoms with Gasteiger partial charge in [-0.25, -0.2) is 4.79 Å². The average molecular weight is 309 g/mol. The van der Waals surface area contributed by atoms with Gasteiger partial charge in [0.1, 0.15) is 11.8 Å². The Bertz CT molecular complexity index is 543. The van der Waals surface area contributed by atoms with Crippen LogP contribution in [0, 0.1) is 0 Å². The molecule has 0 aromatic heterocycles. The van der Waals surface area contributed by atoms with Crippen LogP contribution in [0.4, 0.5) is 0 Å². The highest BCUT2D eigenvalue weighted by Crippen LogP contribution is 2.13. The molecule has 0 bridgehead atoms. The molecule has 0 aliphatic carbocycles. The second-order valence-corrected chi connectivity index (χ2v) is 4.61. The molecule has 1 aromatic carbocycles. The number of nitrogens with one attached hydrogen (secondary N) is 1. The van der Waals surface area contributed by atoms with Gasteiger partial charge in [-0.05, 0) is 19.1 Å². The highest BCUT2D eigenvalue weighted by atomic mass is 16.5. The van der Waals surface area contributed by atoms with Crippen LogP contribution in [-0.4, -0.2) is 49.1 Å². The molecule has 1 unspecified atom stereocenters. The Hall–Kier alpha value is -2.41. The summed E-state index contributed by atoms with van der Waals surface area (Å²) in [6.07, 6.45) is 0.164. The number of methoxy groups -OCH3 is 1. The van der Waals surface area contributed by atoms with Gasteiger partial charge in [0, 0.05) is 25.7 Å². The number of carbonyl (C=O) groups excluding carboxylic acids is 2. The Balaban J connectivity index is 2.52. The largest absolute Gasteiger partial charge is 0.484 e. The van der Waals surface area contributed by atoms with Gasteiger partial charge in [-0.15, -0.1) is 0 Å². The summed E-state index contributed by atoms with van der Waals surface area (Å²) in [5.74, 6) is -1.44. The van der Waals surface area contributed by atoms with Gasteiger partial charge in [0.25, 0.3) is 5.91 Å². The lowest BCUT2D eigenvalue weighted by atomic mass is 10.1. The van der Waals surface area contributed by atoms with Crippen molar-refractivity contribution in [3.63, 3.8) is 0 Å². The maximum atomic E-state index is 11.7. The Labute approximate surface area is 128 Å². The molecule has 0 aliphatic heterocycles. The molecule has 120 valence electrons. The molecule has 1 aromatic rings. The van der Waals surface area contributed by atoms with Crippen LogP contribution in [0.25, 0.3) is 0 Å². The van der Waals surface area contributed by atoms with Gasteiger partial charge in [-0.2, -0.15) is 0 Å². The molecule has 0 aliphatic rings. The molecular formula is C15H19NO6. The van der Waals surface area contributed by atoms with E-state index < -0.39 is 17.9 Å². The van der Waals surface area contributed by atoms with E-state index in [0.29, 0.717) is 11.3 Å². The van der Waals surface area contributed by atoms with Crippen molar-refractivity contribution < 1.29 is 29.0 Å². The predicted molar refractivity (Wildman–Crippen MR) is 78.0 cm³/mol. The lowest BCUT2D eigenvalue weighted by molar-refractivity contribution is -0.142. The summed E-state index contributed by atoms with van der Waals surface area (Å²) in [6, 6.07) is 5.39. The molecule has 1 atom stereocenters. The standard InChI is InChI=1S/C15H19NO6/c1-10(17)11-4-3-5-12(8-11)22-9-14(18)16-13(15(19)20)6-7-21-2/h3-5,8,13H,6-7,9H2,1-2H3,(H,16,18)(H,19,20). The molecule has 7 heteroatoms. The molecule has 22 heavy (non-hydrogen) atoms. The average Bonchev–Trinajstić information content (AvgIpc) is 2.49. The zero-order valence-electron chi connectivity index (χ0n) is 12.5. The maximum absolute atomic E-state index is 11.7. The fourth-order valence-electron chi connectivity index (χ4n) is 1.68. The lowest BCUT2D eigenvalue weighted by Gasteiger charge is -2.14. The van der Waals surface area contributed by atoms with Gasteiger partial charge in [0.2, 0.25) is 0 Å². The Morgan fingerprint density at radius 2 is 2.05 bits per heavy atom. The summed E-state index contributed by atoms with van der Waals surface area (Å²) in [5.41, 5.74) is 0.474. The fourth-order valence-corrected chi connectivity index (χ4v) is 1.68. The van der Waals surface area contributed by atoms with Gasteiger partial charge >= 0.3 is 5.97 Å². The summed E-state index contributed by atoms with van der Waals surface area (Å²) < 4.78 is 10.0. The van der Waals surface area contributed by atoms with E-state index in [-0.39, 0.29) is 25.4 Å². The molecule has 0 heterocycles. The van der Waals surface area contributed by atoms with Gasteiger partial charge in [-0.3, -0.25) is 9.59 Å². The zero-order chi connectivity index (χ0) is 16.5. The molecule has 0 saturated carbocycles. The number of hydrogen-bond donors (Lipinski definition) is 2. The van der Waals surface area contributed by atoms with Crippen molar-refractivity contribution in [1.29, 1.82) is 0 Å². The van der Waals surface area contributed by atoms with Crippen LogP contribution in [0.3, 0.4) is 0 Å². The molecule has 1 amide bonds. The third kappa shape index (κ3) is 5.92. The Morgan fingerprint density at radius 1 is 1.32 bits per heavy atom. The van der Waals surface area contributed by atoms with Crippen LogP contribution in [0.5, 0.6) is 5.75 Å². The molecule has 0 radical (unpaired) electrons. The number of amides is 1. The van der Waals surface area contributed by atoms with E-state index in [1.54, 1.807) is 18.2 Å². The van der Waals surface area contributed by atoms with E-state index in [1.165, 1.54) is 20.1 Å². The predicted octanol–water partition coefficient (Wildman–Crippen LogP) is 0.874. The molecule has 7 nitrogen and oxygen atoms in total. The summed E-state index contributed by atoms with van der Waals surface area (Å²) >= 11 is 0. The highest BCUT2D eigenvalue weighted by molar-refractivity contribution is 5.94. The highest BCUT2D eigenvalue weighted by Gasteiger charge is 2.19. The first-order valence-corrected chi connectivity index (χ1v) is 6.69. The van der Waals surface area contributed by atoms with Crippen molar-refractivity contribution in [2.24, 2.45) is 0 Å². The maximum Gasteiger partial charge on any atom is 0.326 e. The number of carbonyl (C=O) groups is 3. The van der Waals surface area contributed by atoms with E-state index in [2.05, 4.69) is 5.32 Å². The van der Waals surface area contributed by atoms with Crippen molar-refractivity contribution in [3.8, 4) is 5.75 Å². The summed E-state index contributed by atoms with van der Waals surface area (Å²) in [6.45, 7) is 1.32. The van der Waals surface area contributed by atoms with E-state index >= 15 is 0 Å². The number of benzene rings is 1. The number of ether oxygens (including phenoxy) is 2. The van der Waals surface area contributed by atoms with Crippen LogP contribution in [-0.2, 0) is 14.3 Å². The van der Waals surface area contributed by atoms with Crippen LogP contribution < -0.4 is 10.1 Å². The van der Waals surface area contributed by atoms with Gasteiger partial charge in [0.15, 0.2) is 12.4 Å². The van der Waals surface area contributed by atoms with E-state index in [0.717, 1.165) is 0 Å². The molecular weight excluding hydrogens is 290 g/mol. The van der Waals surface area contributed by atoms with Crippen molar-refractivity contribution in [2.75, 3.05) is 20.3 Å². The zero-order valence-corrected chi connectivity index (χ0v) is 12.5. The van der Waals surface area contributed by atoms with Crippen molar-refractivity contribution in [1.82, 2.24) is 5.32 Å². The van der Waals surface area contributed by atoms with Crippen LogP contribution >= 0.6 is 0 Å². The first-order chi connectivity index (χ1) is 10.4. The molecule has 0 saturated heterocycles. The monoisotopic (exact) mass is 309 g/mol. The first kappa shape index (κ1) is 17.6. The van der Waals surface area contributed by atoms with Crippen LogP contribution in [0.2, 0.25) is 0 Å².